The molecule has 1 aromatic carbocycles. The highest BCUT2D eigenvalue weighted by Crippen LogP contribution is 2.29. The number of aryl methyl sites for hydroxylation is 1. The molecule has 0 spiro atoms. The van der Waals surface area contributed by atoms with E-state index in [-0.39, 0.29) is 6.04 Å². The molecule has 1 atom stereocenters. The van der Waals surface area contributed by atoms with Gasteiger partial charge in [0.25, 0.3) is 0 Å². The summed E-state index contributed by atoms with van der Waals surface area (Å²) in [7, 11) is 0. The van der Waals surface area contributed by atoms with Gasteiger partial charge in [-0.1, -0.05) is 18.2 Å². The number of furan rings is 1. The monoisotopic (exact) mass is 255 g/mol. The quantitative estimate of drug-likeness (QED) is 0.752. The number of para-hydroxylation sites is 1. The SMILES string of the molecule is Cc1c(C(C)NCc2cn[nH]c2)oc2ccccc12. The van der Waals surface area contributed by atoms with E-state index in [1.807, 2.05) is 30.6 Å². The number of nitrogens with zero attached hydrogens (tertiary/aromatic N) is 1. The molecule has 0 fully saturated rings. The van der Waals surface area contributed by atoms with Crippen LogP contribution in [0, 0.1) is 6.92 Å². The van der Waals surface area contributed by atoms with Crippen molar-refractivity contribution < 1.29 is 4.42 Å². The van der Waals surface area contributed by atoms with E-state index < -0.39 is 0 Å². The highest BCUT2D eigenvalue weighted by atomic mass is 16.3. The standard InChI is InChI=1S/C15H17N3O/c1-10-13-5-3-4-6-14(13)19-15(10)11(2)16-7-12-8-17-18-9-12/h3-6,8-9,11,16H,7H2,1-2H3,(H,17,18). The molecule has 4 heteroatoms. The number of benzene rings is 1. The van der Waals surface area contributed by atoms with E-state index in [1.165, 1.54) is 10.9 Å². The second-order valence-corrected chi connectivity index (χ2v) is 4.80. The largest absolute Gasteiger partial charge is 0.459 e. The maximum absolute atomic E-state index is 5.94. The Balaban J connectivity index is 1.81. The number of fused-ring (bicyclic) bond motifs is 1. The Kier molecular flexibility index (Phi) is 3.09. The van der Waals surface area contributed by atoms with Crippen molar-refractivity contribution in [2.45, 2.75) is 26.4 Å². The van der Waals surface area contributed by atoms with Crippen LogP contribution < -0.4 is 5.32 Å². The number of aromatic nitrogens is 2. The molecule has 0 amide bonds. The van der Waals surface area contributed by atoms with Crippen molar-refractivity contribution >= 4 is 11.0 Å². The Morgan fingerprint density at radius 2 is 2.21 bits per heavy atom. The van der Waals surface area contributed by atoms with E-state index in [0.717, 1.165) is 23.5 Å². The third-order valence-corrected chi connectivity index (χ3v) is 3.44. The lowest BCUT2D eigenvalue weighted by molar-refractivity contribution is 0.447. The molecule has 3 rings (SSSR count). The van der Waals surface area contributed by atoms with Gasteiger partial charge in [-0.3, -0.25) is 5.10 Å². The van der Waals surface area contributed by atoms with Gasteiger partial charge >= 0.3 is 0 Å². The van der Waals surface area contributed by atoms with Crippen molar-refractivity contribution in [1.82, 2.24) is 15.5 Å². The molecule has 2 heterocycles. The zero-order chi connectivity index (χ0) is 13.2. The summed E-state index contributed by atoms with van der Waals surface area (Å²) in [6.45, 7) is 5.00. The Morgan fingerprint density at radius 1 is 1.37 bits per heavy atom. The van der Waals surface area contributed by atoms with Gasteiger partial charge in [0, 0.05) is 23.7 Å². The van der Waals surface area contributed by atoms with Crippen LogP contribution in [0.1, 0.15) is 29.9 Å². The minimum atomic E-state index is 0.169. The predicted octanol–water partition coefficient (Wildman–Crippen LogP) is 3.32. The van der Waals surface area contributed by atoms with Gasteiger partial charge in [0.2, 0.25) is 0 Å². The van der Waals surface area contributed by atoms with Gasteiger partial charge in [0.05, 0.1) is 12.2 Å². The topological polar surface area (TPSA) is 53.9 Å². The molecule has 1 unspecified atom stereocenters. The van der Waals surface area contributed by atoms with E-state index in [2.05, 4.69) is 35.4 Å². The van der Waals surface area contributed by atoms with Crippen LogP contribution >= 0.6 is 0 Å². The summed E-state index contributed by atoms with van der Waals surface area (Å²) >= 11 is 0. The Morgan fingerprint density at radius 3 is 2.95 bits per heavy atom. The highest BCUT2D eigenvalue weighted by Gasteiger charge is 2.15. The van der Waals surface area contributed by atoms with Gasteiger partial charge in [-0.2, -0.15) is 5.10 Å². The summed E-state index contributed by atoms with van der Waals surface area (Å²) in [5.41, 5.74) is 3.30. The molecular weight excluding hydrogens is 238 g/mol. The maximum atomic E-state index is 5.94. The second kappa shape index (κ2) is 4.90. The Hall–Kier alpha value is -2.07. The van der Waals surface area contributed by atoms with Gasteiger partial charge in [0.15, 0.2) is 0 Å². The minimum absolute atomic E-state index is 0.169. The molecule has 0 aliphatic heterocycles. The van der Waals surface area contributed by atoms with Crippen molar-refractivity contribution in [2.75, 3.05) is 0 Å². The lowest BCUT2D eigenvalue weighted by Crippen LogP contribution is -2.17. The van der Waals surface area contributed by atoms with Crippen LogP contribution in [0.4, 0.5) is 0 Å². The van der Waals surface area contributed by atoms with Crippen LogP contribution in [0.15, 0.2) is 41.1 Å². The zero-order valence-electron chi connectivity index (χ0n) is 11.1. The fourth-order valence-corrected chi connectivity index (χ4v) is 2.34. The molecule has 0 aliphatic rings. The number of hydrogen-bond acceptors (Lipinski definition) is 3. The summed E-state index contributed by atoms with van der Waals surface area (Å²) in [5, 5.41) is 11.4. The molecule has 0 radical (unpaired) electrons. The molecule has 0 saturated heterocycles. The maximum Gasteiger partial charge on any atom is 0.134 e. The van der Waals surface area contributed by atoms with E-state index >= 15 is 0 Å². The molecule has 0 saturated carbocycles. The number of H-pyrrole nitrogens is 1. The van der Waals surface area contributed by atoms with Gasteiger partial charge in [-0.25, -0.2) is 0 Å². The summed E-state index contributed by atoms with van der Waals surface area (Å²) in [6.07, 6.45) is 3.72. The van der Waals surface area contributed by atoms with E-state index in [9.17, 15) is 0 Å². The normalized spacial score (nSPS) is 12.9. The highest BCUT2D eigenvalue weighted by molar-refractivity contribution is 5.82. The molecule has 0 bridgehead atoms. The van der Waals surface area contributed by atoms with E-state index in [1.54, 1.807) is 0 Å². The molecule has 3 aromatic rings. The molecule has 2 N–H and O–H groups in total. The third-order valence-electron chi connectivity index (χ3n) is 3.44. The van der Waals surface area contributed by atoms with Gasteiger partial charge in [0.1, 0.15) is 11.3 Å². The first-order chi connectivity index (χ1) is 9.25. The van der Waals surface area contributed by atoms with Crippen molar-refractivity contribution in [1.29, 1.82) is 0 Å². The molecule has 19 heavy (non-hydrogen) atoms. The van der Waals surface area contributed by atoms with Gasteiger partial charge in [-0.05, 0) is 25.5 Å². The lowest BCUT2D eigenvalue weighted by Gasteiger charge is -2.11. The number of nitrogens with one attached hydrogen (secondary N) is 2. The number of hydrogen-bond donors (Lipinski definition) is 2. The van der Waals surface area contributed by atoms with E-state index in [0.29, 0.717) is 0 Å². The van der Waals surface area contributed by atoms with Gasteiger partial charge in [-0.15, -0.1) is 0 Å². The Bertz CT molecular complexity index is 670. The summed E-state index contributed by atoms with van der Waals surface area (Å²) in [6, 6.07) is 8.31. The summed E-state index contributed by atoms with van der Waals surface area (Å²) in [5.74, 6) is 1.00. The third kappa shape index (κ3) is 2.27. The lowest BCUT2D eigenvalue weighted by atomic mass is 10.1. The van der Waals surface area contributed by atoms with Gasteiger partial charge < -0.3 is 9.73 Å². The summed E-state index contributed by atoms with van der Waals surface area (Å²) < 4.78 is 5.94. The first-order valence-corrected chi connectivity index (χ1v) is 6.45. The molecule has 98 valence electrons. The van der Waals surface area contributed by atoms with Crippen LogP contribution in [0.25, 0.3) is 11.0 Å². The van der Waals surface area contributed by atoms with Crippen LogP contribution in [0.3, 0.4) is 0 Å². The predicted molar refractivity (Wildman–Crippen MR) is 74.8 cm³/mol. The minimum Gasteiger partial charge on any atom is -0.459 e. The van der Waals surface area contributed by atoms with E-state index in [4.69, 9.17) is 4.42 Å². The second-order valence-electron chi connectivity index (χ2n) is 4.80. The zero-order valence-corrected chi connectivity index (χ0v) is 11.1. The van der Waals surface area contributed by atoms with Crippen molar-refractivity contribution in [3.8, 4) is 0 Å². The van der Waals surface area contributed by atoms with Crippen molar-refractivity contribution in [3.63, 3.8) is 0 Å². The molecule has 2 aromatic heterocycles. The van der Waals surface area contributed by atoms with Crippen molar-refractivity contribution in [3.05, 3.63) is 53.5 Å². The van der Waals surface area contributed by atoms with Crippen molar-refractivity contribution in [2.24, 2.45) is 0 Å². The first-order valence-electron chi connectivity index (χ1n) is 6.45. The van der Waals surface area contributed by atoms with Crippen LogP contribution in [-0.4, -0.2) is 10.2 Å². The van der Waals surface area contributed by atoms with Crippen LogP contribution in [0.5, 0.6) is 0 Å². The Labute approximate surface area is 111 Å². The average molecular weight is 255 g/mol. The van der Waals surface area contributed by atoms with Crippen LogP contribution in [-0.2, 0) is 6.54 Å². The average Bonchev–Trinajstić information content (AvgIpc) is 3.05. The summed E-state index contributed by atoms with van der Waals surface area (Å²) in [4.78, 5) is 0. The first kappa shape index (κ1) is 12.0. The molecule has 4 nitrogen and oxygen atoms in total. The molecular formula is C15H17N3O. The smallest absolute Gasteiger partial charge is 0.134 e. The fourth-order valence-electron chi connectivity index (χ4n) is 2.34. The molecule has 0 aliphatic carbocycles. The number of rotatable bonds is 4. The fraction of sp³-hybridized carbons (Fsp3) is 0.267. The van der Waals surface area contributed by atoms with Crippen LogP contribution in [0.2, 0.25) is 0 Å². The number of aromatic amines is 1.